The Balaban J connectivity index is 2.46. The number of hydrogen-bond donors (Lipinski definition) is 2. The van der Waals surface area contributed by atoms with Gasteiger partial charge in [0.15, 0.2) is 0 Å². The van der Waals surface area contributed by atoms with Gasteiger partial charge in [-0.3, -0.25) is 0 Å². The predicted octanol–water partition coefficient (Wildman–Crippen LogP) is 3.02. The standard InChI is InChI=1S/C11H12ClN3/c1-15(8-5-6-14-7-8)11-9(12)3-2-4-10(11)13/h2-7,14H,13H2,1H3. The zero-order chi connectivity index (χ0) is 10.8. The summed E-state index contributed by atoms with van der Waals surface area (Å²) < 4.78 is 0. The Bertz CT molecular complexity index is 431. The molecule has 78 valence electrons. The molecule has 2 aromatic rings. The Hall–Kier alpha value is -1.61. The lowest BCUT2D eigenvalue weighted by atomic mass is 10.2. The van der Waals surface area contributed by atoms with Crippen molar-refractivity contribution in [3.63, 3.8) is 0 Å². The van der Waals surface area contributed by atoms with E-state index < -0.39 is 0 Å². The number of rotatable bonds is 2. The van der Waals surface area contributed by atoms with Crippen LogP contribution in [0.1, 0.15) is 0 Å². The van der Waals surface area contributed by atoms with Crippen molar-refractivity contribution < 1.29 is 0 Å². The van der Waals surface area contributed by atoms with Gasteiger partial charge in [-0.25, -0.2) is 0 Å². The van der Waals surface area contributed by atoms with Crippen molar-refractivity contribution in [2.45, 2.75) is 0 Å². The molecule has 0 spiro atoms. The van der Waals surface area contributed by atoms with Gasteiger partial charge in [-0.1, -0.05) is 17.7 Å². The van der Waals surface area contributed by atoms with E-state index in [4.69, 9.17) is 17.3 Å². The van der Waals surface area contributed by atoms with Crippen molar-refractivity contribution in [2.24, 2.45) is 0 Å². The summed E-state index contributed by atoms with van der Waals surface area (Å²) >= 11 is 6.11. The molecule has 0 radical (unpaired) electrons. The van der Waals surface area contributed by atoms with E-state index in [2.05, 4.69) is 4.98 Å². The molecule has 4 heteroatoms. The first kappa shape index (κ1) is 9.93. The van der Waals surface area contributed by atoms with Gasteiger partial charge in [0.05, 0.1) is 22.1 Å². The summed E-state index contributed by atoms with van der Waals surface area (Å²) in [4.78, 5) is 4.95. The molecule has 0 amide bonds. The first-order valence-corrected chi connectivity index (χ1v) is 4.98. The molecule has 0 saturated carbocycles. The van der Waals surface area contributed by atoms with Gasteiger partial charge < -0.3 is 15.6 Å². The van der Waals surface area contributed by atoms with E-state index in [0.717, 1.165) is 11.4 Å². The number of aromatic amines is 1. The highest BCUT2D eigenvalue weighted by Crippen LogP contribution is 2.35. The minimum absolute atomic E-state index is 0.652. The van der Waals surface area contributed by atoms with Crippen LogP contribution in [0.5, 0.6) is 0 Å². The fraction of sp³-hybridized carbons (Fsp3) is 0.0909. The third kappa shape index (κ3) is 1.78. The van der Waals surface area contributed by atoms with Crippen LogP contribution in [0.25, 0.3) is 0 Å². The smallest absolute Gasteiger partial charge is 0.0831 e. The highest BCUT2D eigenvalue weighted by atomic mass is 35.5. The van der Waals surface area contributed by atoms with Gasteiger partial charge in [0.25, 0.3) is 0 Å². The number of halogens is 1. The number of aromatic nitrogens is 1. The zero-order valence-corrected chi connectivity index (χ0v) is 9.12. The predicted molar refractivity (Wildman–Crippen MR) is 64.7 cm³/mol. The van der Waals surface area contributed by atoms with Crippen LogP contribution in [0.4, 0.5) is 17.1 Å². The molecule has 1 heterocycles. The quantitative estimate of drug-likeness (QED) is 0.766. The molecule has 3 N–H and O–H groups in total. The van der Waals surface area contributed by atoms with Crippen molar-refractivity contribution in [1.29, 1.82) is 0 Å². The van der Waals surface area contributed by atoms with Crippen LogP contribution >= 0.6 is 11.6 Å². The summed E-state index contributed by atoms with van der Waals surface area (Å²) in [5.41, 5.74) is 8.42. The van der Waals surface area contributed by atoms with Gasteiger partial charge in [0.2, 0.25) is 0 Å². The number of anilines is 3. The van der Waals surface area contributed by atoms with Gasteiger partial charge >= 0.3 is 0 Å². The largest absolute Gasteiger partial charge is 0.397 e. The number of nitrogens with zero attached hydrogens (tertiary/aromatic N) is 1. The first-order valence-electron chi connectivity index (χ1n) is 4.60. The maximum absolute atomic E-state index is 6.11. The normalized spacial score (nSPS) is 10.3. The second-order valence-electron chi connectivity index (χ2n) is 3.31. The number of nitrogens with two attached hydrogens (primary N) is 1. The van der Waals surface area contributed by atoms with Crippen LogP contribution in [0.15, 0.2) is 36.7 Å². The van der Waals surface area contributed by atoms with E-state index in [0.29, 0.717) is 10.7 Å². The SMILES string of the molecule is CN(c1cc[nH]c1)c1c(N)cccc1Cl. The molecule has 0 atom stereocenters. The molecule has 3 nitrogen and oxygen atoms in total. The summed E-state index contributed by atoms with van der Waals surface area (Å²) in [6.07, 6.45) is 3.75. The van der Waals surface area contributed by atoms with Gasteiger partial charge in [-0.15, -0.1) is 0 Å². The lowest BCUT2D eigenvalue weighted by molar-refractivity contribution is 1.21. The lowest BCUT2D eigenvalue weighted by Crippen LogP contribution is -2.11. The van der Waals surface area contributed by atoms with Gasteiger partial charge in [0.1, 0.15) is 0 Å². The molecule has 0 saturated heterocycles. The van der Waals surface area contributed by atoms with Crippen LogP contribution in [-0.2, 0) is 0 Å². The average Bonchev–Trinajstić information content (AvgIpc) is 2.69. The fourth-order valence-electron chi connectivity index (χ4n) is 1.54. The Morgan fingerprint density at radius 3 is 2.73 bits per heavy atom. The van der Waals surface area contributed by atoms with Gasteiger partial charge in [-0.2, -0.15) is 0 Å². The van der Waals surface area contributed by atoms with Crippen LogP contribution < -0.4 is 10.6 Å². The van der Waals surface area contributed by atoms with Crippen LogP contribution in [-0.4, -0.2) is 12.0 Å². The molecule has 0 unspecified atom stereocenters. The third-order valence-corrected chi connectivity index (χ3v) is 2.63. The molecule has 0 aliphatic rings. The summed E-state index contributed by atoms with van der Waals surface area (Å²) in [6.45, 7) is 0. The molecule has 0 aliphatic carbocycles. The first-order chi connectivity index (χ1) is 7.20. The van der Waals surface area contributed by atoms with Crippen molar-refractivity contribution in [1.82, 2.24) is 4.98 Å². The van der Waals surface area contributed by atoms with Crippen molar-refractivity contribution in [2.75, 3.05) is 17.7 Å². The van der Waals surface area contributed by atoms with Crippen LogP contribution in [0, 0.1) is 0 Å². The zero-order valence-electron chi connectivity index (χ0n) is 8.37. The Morgan fingerprint density at radius 1 is 1.33 bits per heavy atom. The number of nitrogen functional groups attached to an aromatic ring is 1. The van der Waals surface area contributed by atoms with E-state index in [1.807, 2.05) is 48.6 Å². The molecule has 1 aromatic heterocycles. The maximum atomic E-state index is 6.11. The molecule has 2 rings (SSSR count). The summed E-state index contributed by atoms with van der Waals surface area (Å²) in [5, 5.41) is 0.652. The molecule has 1 aromatic carbocycles. The number of benzene rings is 1. The second kappa shape index (κ2) is 3.87. The molecule has 0 aliphatic heterocycles. The van der Waals surface area contributed by atoms with E-state index in [-0.39, 0.29) is 0 Å². The van der Waals surface area contributed by atoms with Gasteiger partial charge in [0, 0.05) is 19.4 Å². The fourth-order valence-corrected chi connectivity index (χ4v) is 1.85. The molecule has 0 fully saturated rings. The minimum Gasteiger partial charge on any atom is -0.397 e. The highest BCUT2D eigenvalue weighted by molar-refractivity contribution is 6.34. The summed E-state index contributed by atoms with van der Waals surface area (Å²) in [7, 11) is 1.93. The van der Waals surface area contributed by atoms with Crippen molar-refractivity contribution >= 4 is 28.7 Å². The second-order valence-corrected chi connectivity index (χ2v) is 3.71. The van der Waals surface area contributed by atoms with Crippen LogP contribution in [0.3, 0.4) is 0 Å². The van der Waals surface area contributed by atoms with E-state index in [9.17, 15) is 0 Å². The maximum Gasteiger partial charge on any atom is 0.0831 e. The Kier molecular flexibility index (Phi) is 2.56. The van der Waals surface area contributed by atoms with Crippen molar-refractivity contribution in [3.05, 3.63) is 41.7 Å². The Labute approximate surface area is 93.5 Å². The van der Waals surface area contributed by atoms with E-state index >= 15 is 0 Å². The van der Waals surface area contributed by atoms with Crippen LogP contribution in [0.2, 0.25) is 5.02 Å². The minimum atomic E-state index is 0.652. The molecular weight excluding hydrogens is 210 g/mol. The third-order valence-electron chi connectivity index (χ3n) is 2.32. The van der Waals surface area contributed by atoms with Gasteiger partial charge in [-0.05, 0) is 18.2 Å². The summed E-state index contributed by atoms with van der Waals surface area (Å²) in [5.74, 6) is 0. The number of para-hydroxylation sites is 1. The molecule has 0 bridgehead atoms. The number of hydrogen-bond acceptors (Lipinski definition) is 2. The average molecular weight is 222 g/mol. The lowest BCUT2D eigenvalue weighted by Gasteiger charge is -2.20. The monoisotopic (exact) mass is 221 g/mol. The van der Waals surface area contributed by atoms with E-state index in [1.54, 1.807) is 0 Å². The topological polar surface area (TPSA) is 45.0 Å². The highest BCUT2D eigenvalue weighted by Gasteiger charge is 2.11. The Morgan fingerprint density at radius 2 is 2.13 bits per heavy atom. The molecule has 15 heavy (non-hydrogen) atoms. The van der Waals surface area contributed by atoms with E-state index in [1.165, 1.54) is 0 Å². The number of H-pyrrole nitrogens is 1. The van der Waals surface area contributed by atoms with Crippen molar-refractivity contribution in [3.8, 4) is 0 Å². The molecular formula is C11H12ClN3. The number of nitrogens with one attached hydrogen (secondary N) is 1. The summed E-state index contributed by atoms with van der Waals surface area (Å²) in [6, 6.07) is 7.47.